The highest BCUT2D eigenvalue weighted by molar-refractivity contribution is 5.97. The Labute approximate surface area is 115 Å². The Bertz CT molecular complexity index is 434. The van der Waals surface area contributed by atoms with E-state index in [-0.39, 0.29) is 5.91 Å². The van der Waals surface area contributed by atoms with Crippen molar-refractivity contribution in [1.29, 1.82) is 0 Å². The maximum Gasteiger partial charge on any atom is 0.257 e. The molecule has 3 nitrogen and oxygen atoms in total. The van der Waals surface area contributed by atoms with E-state index in [1.807, 2.05) is 23.1 Å². The molecule has 2 rings (SSSR count). The lowest BCUT2D eigenvalue weighted by Gasteiger charge is -2.21. The highest BCUT2D eigenvalue weighted by Crippen LogP contribution is 2.23. The molecule has 0 radical (unpaired) electrons. The predicted molar refractivity (Wildman–Crippen MR) is 76.7 cm³/mol. The minimum absolute atomic E-state index is 0.119. The van der Waals surface area contributed by atoms with Gasteiger partial charge in [0.25, 0.3) is 5.91 Å². The zero-order chi connectivity index (χ0) is 13.7. The number of likely N-dealkylation sites (tertiary alicyclic amines) is 1. The molecule has 0 saturated carbocycles. The van der Waals surface area contributed by atoms with Crippen LogP contribution in [0.4, 0.5) is 0 Å². The van der Waals surface area contributed by atoms with Crippen molar-refractivity contribution in [2.45, 2.75) is 39.0 Å². The molecular formula is C16H23NO2. The zero-order valence-corrected chi connectivity index (χ0v) is 11.9. The Morgan fingerprint density at radius 2 is 1.89 bits per heavy atom. The summed E-state index contributed by atoms with van der Waals surface area (Å²) < 4.78 is 5.34. The SMILES string of the molecule is CCc1ccc(OC)c(C(=O)N2CCCCCC2)c1. The lowest BCUT2D eigenvalue weighted by atomic mass is 10.1. The van der Waals surface area contributed by atoms with Gasteiger partial charge >= 0.3 is 0 Å². The van der Waals surface area contributed by atoms with Crippen molar-refractivity contribution in [2.24, 2.45) is 0 Å². The minimum atomic E-state index is 0.119. The van der Waals surface area contributed by atoms with E-state index in [9.17, 15) is 4.79 Å². The Morgan fingerprint density at radius 1 is 1.21 bits per heavy atom. The molecule has 1 aliphatic rings. The van der Waals surface area contributed by atoms with Crippen molar-refractivity contribution >= 4 is 5.91 Å². The van der Waals surface area contributed by atoms with E-state index in [0.29, 0.717) is 11.3 Å². The van der Waals surface area contributed by atoms with Crippen LogP contribution in [-0.2, 0) is 6.42 Å². The largest absolute Gasteiger partial charge is 0.496 e. The van der Waals surface area contributed by atoms with Gasteiger partial charge in [0.15, 0.2) is 0 Å². The Balaban J connectivity index is 2.25. The van der Waals surface area contributed by atoms with Crippen molar-refractivity contribution in [2.75, 3.05) is 20.2 Å². The first-order valence-electron chi connectivity index (χ1n) is 7.22. The molecule has 0 N–H and O–H groups in total. The van der Waals surface area contributed by atoms with Crippen LogP contribution in [0.25, 0.3) is 0 Å². The Morgan fingerprint density at radius 3 is 2.47 bits per heavy atom. The number of benzene rings is 1. The maximum absolute atomic E-state index is 12.6. The van der Waals surface area contributed by atoms with Gasteiger partial charge in [-0.15, -0.1) is 0 Å². The van der Waals surface area contributed by atoms with E-state index in [1.54, 1.807) is 7.11 Å². The number of ether oxygens (including phenoxy) is 1. The number of hydrogen-bond acceptors (Lipinski definition) is 2. The van der Waals surface area contributed by atoms with Gasteiger partial charge in [0.05, 0.1) is 12.7 Å². The summed E-state index contributed by atoms with van der Waals surface area (Å²) in [5, 5.41) is 0. The fourth-order valence-corrected chi connectivity index (χ4v) is 2.59. The molecule has 0 unspecified atom stereocenters. The molecule has 1 aliphatic heterocycles. The van der Waals surface area contributed by atoms with Crippen LogP contribution in [0.1, 0.15) is 48.5 Å². The minimum Gasteiger partial charge on any atom is -0.496 e. The fourth-order valence-electron chi connectivity index (χ4n) is 2.59. The smallest absolute Gasteiger partial charge is 0.257 e. The summed E-state index contributed by atoms with van der Waals surface area (Å²) in [6.45, 7) is 3.85. The van der Waals surface area contributed by atoms with Crippen LogP contribution in [0.2, 0.25) is 0 Å². The monoisotopic (exact) mass is 261 g/mol. The summed E-state index contributed by atoms with van der Waals surface area (Å²) in [5.74, 6) is 0.806. The molecule has 1 fully saturated rings. The lowest BCUT2D eigenvalue weighted by Crippen LogP contribution is -2.32. The molecule has 0 spiro atoms. The molecule has 0 aliphatic carbocycles. The number of nitrogens with zero attached hydrogens (tertiary/aromatic N) is 1. The van der Waals surface area contributed by atoms with Crippen molar-refractivity contribution in [1.82, 2.24) is 4.90 Å². The standard InChI is InChI=1S/C16H23NO2/c1-3-13-8-9-15(19-2)14(12-13)16(18)17-10-6-4-5-7-11-17/h8-9,12H,3-7,10-11H2,1-2H3. The zero-order valence-electron chi connectivity index (χ0n) is 11.9. The second-order valence-electron chi connectivity index (χ2n) is 5.09. The van der Waals surface area contributed by atoms with E-state index in [2.05, 4.69) is 6.92 Å². The van der Waals surface area contributed by atoms with Crippen molar-refractivity contribution in [3.8, 4) is 5.75 Å². The molecule has 1 saturated heterocycles. The first-order chi connectivity index (χ1) is 9.26. The first kappa shape index (κ1) is 13.9. The summed E-state index contributed by atoms with van der Waals surface area (Å²) >= 11 is 0. The van der Waals surface area contributed by atoms with Gasteiger partial charge in [0.2, 0.25) is 0 Å². The number of carbonyl (C=O) groups is 1. The van der Waals surface area contributed by atoms with Gasteiger partial charge in [-0.3, -0.25) is 4.79 Å². The van der Waals surface area contributed by atoms with Crippen LogP contribution in [-0.4, -0.2) is 31.0 Å². The predicted octanol–water partition coefficient (Wildman–Crippen LogP) is 3.27. The van der Waals surface area contributed by atoms with Gasteiger partial charge in [0, 0.05) is 13.1 Å². The van der Waals surface area contributed by atoms with Crippen LogP contribution in [0.3, 0.4) is 0 Å². The van der Waals surface area contributed by atoms with Crippen LogP contribution in [0, 0.1) is 0 Å². The summed E-state index contributed by atoms with van der Waals surface area (Å²) in [6.07, 6.45) is 5.62. The van der Waals surface area contributed by atoms with E-state index in [4.69, 9.17) is 4.74 Å². The van der Waals surface area contributed by atoms with Crippen LogP contribution in [0.15, 0.2) is 18.2 Å². The molecule has 0 atom stereocenters. The third-order valence-electron chi connectivity index (χ3n) is 3.80. The number of aryl methyl sites for hydroxylation is 1. The van der Waals surface area contributed by atoms with E-state index in [1.165, 1.54) is 18.4 Å². The molecule has 1 aromatic rings. The van der Waals surface area contributed by atoms with Gasteiger partial charge in [-0.2, -0.15) is 0 Å². The number of methoxy groups -OCH3 is 1. The number of hydrogen-bond donors (Lipinski definition) is 0. The molecule has 3 heteroatoms. The summed E-state index contributed by atoms with van der Waals surface area (Å²) in [7, 11) is 1.63. The third kappa shape index (κ3) is 3.28. The third-order valence-corrected chi connectivity index (χ3v) is 3.80. The average molecular weight is 261 g/mol. The van der Waals surface area contributed by atoms with Gasteiger partial charge in [-0.25, -0.2) is 0 Å². The van der Waals surface area contributed by atoms with Gasteiger partial charge in [0.1, 0.15) is 5.75 Å². The molecule has 1 amide bonds. The van der Waals surface area contributed by atoms with Crippen molar-refractivity contribution in [3.63, 3.8) is 0 Å². The molecule has 19 heavy (non-hydrogen) atoms. The molecule has 104 valence electrons. The molecule has 1 heterocycles. The van der Waals surface area contributed by atoms with E-state index >= 15 is 0 Å². The summed E-state index contributed by atoms with van der Waals surface area (Å²) in [6, 6.07) is 5.91. The number of amides is 1. The molecular weight excluding hydrogens is 238 g/mol. The number of rotatable bonds is 3. The average Bonchev–Trinajstić information content (AvgIpc) is 2.74. The van der Waals surface area contributed by atoms with E-state index < -0.39 is 0 Å². The molecule has 0 bridgehead atoms. The van der Waals surface area contributed by atoms with Crippen molar-refractivity contribution in [3.05, 3.63) is 29.3 Å². The van der Waals surface area contributed by atoms with Crippen LogP contribution in [0.5, 0.6) is 5.75 Å². The number of carbonyl (C=O) groups excluding carboxylic acids is 1. The van der Waals surface area contributed by atoms with Gasteiger partial charge < -0.3 is 9.64 Å². The highest BCUT2D eigenvalue weighted by Gasteiger charge is 2.20. The van der Waals surface area contributed by atoms with E-state index in [0.717, 1.165) is 32.4 Å². The summed E-state index contributed by atoms with van der Waals surface area (Å²) in [4.78, 5) is 14.6. The first-order valence-corrected chi connectivity index (χ1v) is 7.22. The maximum atomic E-state index is 12.6. The fraction of sp³-hybridized carbons (Fsp3) is 0.562. The quantitative estimate of drug-likeness (QED) is 0.835. The second-order valence-corrected chi connectivity index (χ2v) is 5.09. The Hall–Kier alpha value is -1.51. The normalized spacial score (nSPS) is 16.0. The van der Waals surface area contributed by atoms with Crippen molar-refractivity contribution < 1.29 is 9.53 Å². The topological polar surface area (TPSA) is 29.5 Å². The molecule has 1 aromatic carbocycles. The van der Waals surface area contributed by atoms with Gasteiger partial charge in [-0.05, 0) is 37.0 Å². The van der Waals surface area contributed by atoms with Gasteiger partial charge in [-0.1, -0.05) is 25.8 Å². The Kier molecular flexibility index (Phi) is 4.83. The lowest BCUT2D eigenvalue weighted by molar-refractivity contribution is 0.0758. The highest BCUT2D eigenvalue weighted by atomic mass is 16.5. The van der Waals surface area contributed by atoms with Crippen LogP contribution >= 0.6 is 0 Å². The molecule has 0 aromatic heterocycles. The second kappa shape index (κ2) is 6.60. The summed E-state index contributed by atoms with van der Waals surface area (Å²) in [5.41, 5.74) is 1.89. The van der Waals surface area contributed by atoms with Crippen LogP contribution < -0.4 is 4.74 Å².